The van der Waals surface area contributed by atoms with Gasteiger partial charge in [-0.25, -0.2) is 0 Å². The van der Waals surface area contributed by atoms with Crippen molar-refractivity contribution in [1.82, 2.24) is 10.3 Å². The minimum absolute atomic E-state index is 0.229. The third-order valence-corrected chi connectivity index (χ3v) is 3.86. The van der Waals surface area contributed by atoms with Gasteiger partial charge in [-0.1, -0.05) is 6.92 Å². The summed E-state index contributed by atoms with van der Waals surface area (Å²) in [5.41, 5.74) is 1.06. The molecule has 1 fully saturated rings. The number of nitrogens with zero attached hydrogens (tertiary/aromatic N) is 1. The van der Waals surface area contributed by atoms with Crippen LogP contribution in [0.1, 0.15) is 58.7 Å². The Morgan fingerprint density at radius 2 is 2.05 bits per heavy atom. The summed E-state index contributed by atoms with van der Waals surface area (Å²) in [6.07, 6.45) is 5.62. The molecule has 0 amide bonds. The first-order valence-electron chi connectivity index (χ1n) is 8.10. The summed E-state index contributed by atoms with van der Waals surface area (Å²) < 4.78 is 11.8. The molecule has 0 aliphatic carbocycles. The topological polar surface area (TPSA) is 43.4 Å². The van der Waals surface area contributed by atoms with E-state index in [0.717, 1.165) is 37.3 Å². The Morgan fingerprint density at radius 1 is 1.33 bits per heavy atom. The maximum Gasteiger partial charge on any atom is 0.138 e. The SMILES string of the molecule is CCCNC(C)c1ccc(OC2CC(C)OC(C)C2)cn1. The molecule has 2 rings (SSSR count). The van der Waals surface area contributed by atoms with Gasteiger partial charge in [0.2, 0.25) is 0 Å². The second-order valence-electron chi connectivity index (χ2n) is 6.06. The van der Waals surface area contributed by atoms with E-state index in [1.807, 2.05) is 12.3 Å². The normalized spacial score (nSPS) is 27.3. The Balaban J connectivity index is 1.90. The van der Waals surface area contributed by atoms with Crippen LogP contribution in [0.25, 0.3) is 0 Å². The van der Waals surface area contributed by atoms with E-state index in [1.165, 1.54) is 0 Å². The summed E-state index contributed by atoms with van der Waals surface area (Å²) in [7, 11) is 0. The van der Waals surface area contributed by atoms with E-state index in [1.54, 1.807) is 0 Å². The first kappa shape index (κ1) is 16.2. The molecule has 21 heavy (non-hydrogen) atoms. The first-order valence-corrected chi connectivity index (χ1v) is 8.10. The number of nitrogens with one attached hydrogen (secondary N) is 1. The van der Waals surface area contributed by atoms with Gasteiger partial charge in [0.1, 0.15) is 11.9 Å². The Kier molecular flexibility index (Phi) is 6.00. The predicted molar refractivity (Wildman–Crippen MR) is 84.6 cm³/mol. The molecule has 3 atom stereocenters. The lowest BCUT2D eigenvalue weighted by atomic mass is 10.0. The number of rotatable bonds is 6. The number of hydrogen-bond donors (Lipinski definition) is 1. The number of pyridine rings is 1. The fourth-order valence-electron chi connectivity index (χ4n) is 2.82. The van der Waals surface area contributed by atoms with Crippen molar-refractivity contribution < 1.29 is 9.47 Å². The van der Waals surface area contributed by atoms with E-state index in [9.17, 15) is 0 Å². The van der Waals surface area contributed by atoms with Crippen molar-refractivity contribution in [3.8, 4) is 5.75 Å². The Morgan fingerprint density at radius 3 is 2.62 bits per heavy atom. The molecule has 1 aromatic heterocycles. The van der Waals surface area contributed by atoms with Gasteiger partial charge in [0.15, 0.2) is 0 Å². The molecular weight excluding hydrogens is 264 g/mol. The second-order valence-corrected chi connectivity index (χ2v) is 6.06. The van der Waals surface area contributed by atoms with E-state index < -0.39 is 0 Å². The van der Waals surface area contributed by atoms with Crippen molar-refractivity contribution in [3.05, 3.63) is 24.0 Å². The molecule has 0 bridgehead atoms. The number of ether oxygens (including phenoxy) is 2. The molecule has 2 heterocycles. The van der Waals surface area contributed by atoms with Gasteiger partial charge >= 0.3 is 0 Å². The summed E-state index contributed by atoms with van der Waals surface area (Å²) in [6.45, 7) is 9.53. The highest BCUT2D eigenvalue weighted by Crippen LogP contribution is 2.24. The van der Waals surface area contributed by atoms with Gasteiger partial charge in [0.25, 0.3) is 0 Å². The lowest BCUT2D eigenvalue weighted by Crippen LogP contribution is -2.35. The van der Waals surface area contributed by atoms with Crippen LogP contribution in [0.5, 0.6) is 5.75 Å². The highest BCUT2D eigenvalue weighted by atomic mass is 16.5. The summed E-state index contributed by atoms with van der Waals surface area (Å²) >= 11 is 0. The van der Waals surface area contributed by atoms with Crippen LogP contribution >= 0.6 is 0 Å². The molecule has 0 spiro atoms. The molecule has 1 aliphatic heterocycles. The van der Waals surface area contributed by atoms with Crippen molar-refractivity contribution >= 4 is 0 Å². The Labute approximate surface area is 128 Å². The highest BCUT2D eigenvalue weighted by Gasteiger charge is 2.25. The lowest BCUT2D eigenvalue weighted by molar-refractivity contribution is -0.0722. The van der Waals surface area contributed by atoms with Crippen LogP contribution in [-0.2, 0) is 4.74 Å². The average molecular weight is 292 g/mol. The standard InChI is InChI=1S/C17H28N2O2/c1-5-8-18-14(4)17-7-6-15(11-19-17)21-16-9-12(2)20-13(3)10-16/h6-7,11-14,16,18H,5,8-10H2,1-4H3. The monoisotopic (exact) mass is 292 g/mol. The van der Waals surface area contributed by atoms with Crippen LogP contribution in [0.4, 0.5) is 0 Å². The van der Waals surface area contributed by atoms with Crippen molar-refractivity contribution in [2.75, 3.05) is 6.54 Å². The van der Waals surface area contributed by atoms with Crippen LogP contribution in [0.2, 0.25) is 0 Å². The molecule has 1 N–H and O–H groups in total. The lowest BCUT2D eigenvalue weighted by Gasteiger charge is -2.32. The van der Waals surface area contributed by atoms with E-state index in [2.05, 4.69) is 44.1 Å². The average Bonchev–Trinajstić information content (AvgIpc) is 2.44. The summed E-state index contributed by atoms with van der Waals surface area (Å²) in [6, 6.07) is 4.36. The summed E-state index contributed by atoms with van der Waals surface area (Å²) in [4.78, 5) is 4.52. The second kappa shape index (κ2) is 7.76. The van der Waals surface area contributed by atoms with Crippen molar-refractivity contribution in [2.45, 2.75) is 71.3 Å². The van der Waals surface area contributed by atoms with Crippen LogP contribution in [-0.4, -0.2) is 29.8 Å². The predicted octanol–water partition coefficient (Wildman–Crippen LogP) is 3.48. The van der Waals surface area contributed by atoms with Crippen molar-refractivity contribution in [1.29, 1.82) is 0 Å². The van der Waals surface area contributed by atoms with Gasteiger partial charge in [-0.2, -0.15) is 0 Å². The zero-order chi connectivity index (χ0) is 15.2. The zero-order valence-corrected chi connectivity index (χ0v) is 13.6. The van der Waals surface area contributed by atoms with E-state index >= 15 is 0 Å². The fraction of sp³-hybridized carbons (Fsp3) is 0.706. The minimum atomic E-state index is 0.229. The third kappa shape index (κ3) is 4.97. The number of aromatic nitrogens is 1. The third-order valence-electron chi connectivity index (χ3n) is 3.86. The van der Waals surface area contributed by atoms with E-state index in [4.69, 9.17) is 9.47 Å². The van der Waals surface area contributed by atoms with Gasteiger partial charge in [-0.05, 0) is 45.9 Å². The van der Waals surface area contributed by atoms with E-state index in [0.29, 0.717) is 0 Å². The summed E-state index contributed by atoms with van der Waals surface area (Å²) in [5.74, 6) is 0.854. The molecule has 1 saturated heterocycles. The fourth-order valence-corrected chi connectivity index (χ4v) is 2.82. The quantitative estimate of drug-likeness (QED) is 0.872. The van der Waals surface area contributed by atoms with Crippen LogP contribution in [0.3, 0.4) is 0 Å². The number of hydrogen-bond acceptors (Lipinski definition) is 4. The highest BCUT2D eigenvalue weighted by molar-refractivity contribution is 5.21. The molecule has 0 radical (unpaired) electrons. The van der Waals surface area contributed by atoms with Gasteiger partial charge in [-0.15, -0.1) is 0 Å². The Bertz CT molecular complexity index is 411. The van der Waals surface area contributed by atoms with Gasteiger partial charge in [0, 0.05) is 18.9 Å². The Hall–Kier alpha value is -1.13. The largest absolute Gasteiger partial charge is 0.489 e. The van der Waals surface area contributed by atoms with Crippen LogP contribution in [0, 0.1) is 0 Å². The van der Waals surface area contributed by atoms with Crippen LogP contribution < -0.4 is 10.1 Å². The van der Waals surface area contributed by atoms with Gasteiger partial charge in [0.05, 0.1) is 24.1 Å². The maximum atomic E-state index is 6.05. The molecule has 0 saturated carbocycles. The smallest absolute Gasteiger partial charge is 0.138 e. The molecule has 4 heteroatoms. The van der Waals surface area contributed by atoms with Crippen molar-refractivity contribution in [2.24, 2.45) is 0 Å². The van der Waals surface area contributed by atoms with Crippen LogP contribution in [0.15, 0.2) is 18.3 Å². The maximum absolute atomic E-state index is 6.05. The van der Waals surface area contributed by atoms with Gasteiger partial charge < -0.3 is 14.8 Å². The molecule has 1 aromatic rings. The molecule has 1 aliphatic rings. The molecule has 4 nitrogen and oxygen atoms in total. The molecular formula is C17H28N2O2. The minimum Gasteiger partial charge on any atom is -0.489 e. The van der Waals surface area contributed by atoms with E-state index in [-0.39, 0.29) is 24.4 Å². The summed E-state index contributed by atoms with van der Waals surface area (Å²) in [5, 5.41) is 3.44. The molecule has 118 valence electrons. The first-order chi connectivity index (χ1) is 10.1. The molecule has 0 aromatic carbocycles. The van der Waals surface area contributed by atoms with Crippen molar-refractivity contribution in [3.63, 3.8) is 0 Å². The molecule has 3 unspecified atom stereocenters. The van der Waals surface area contributed by atoms with Gasteiger partial charge in [-0.3, -0.25) is 4.98 Å². The zero-order valence-electron chi connectivity index (χ0n) is 13.6.